The molecule has 2 N–H and O–H groups in total. The number of aromatic nitrogens is 1. The lowest BCUT2D eigenvalue weighted by Crippen LogP contribution is -2.20. The summed E-state index contributed by atoms with van der Waals surface area (Å²) < 4.78 is 11.4. The zero-order chi connectivity index (χ0) is 22.8. The number of halogens is 1. The predicted octanol–water partition coefficient (Wildman–Crippen LogP) is 4.47. The van der Waals surface area contributed by atoms with Crippen molar-refractivity contribution in [3.05, 3.63) is 69.6 Å². The third kappa shape index (κ3) is 7.47. The molecular weight excluding hydrogens is 496 g/mol. The number of hydrazone groups is 1. The number of benzene rings is 2. The van der Waals surface area contributed by atoms with Crippen LogP contribution in [-0.4, -0.2) is 36.3 Å². The number of amides is 1. The van der Waals surface area contributed by atoms with Gasteiger partial charge in [0.25, 0.3) is 5.91 Å². The summed E-state index contributed by atoms with van der Waals surface area (Å²) in [6.45, 7) is 1.95. The summed E-state index contributed by atoms with van der Waals surface area (Å²) >= 11 is 4.76. The van der Waals surface area contributed by atoms with Gasteiger partial charge < -0.3 is 14.8 Å². The van der Waals surface area contributed by atoms with Crippen LogP contribution in [0.2, 0.25) is 0 Å². The second-order valence-electron chi connectivity index (χ2n) is 6.38. The zero-order valence-corrected chi connectivity index (χ0v) is 19.6. The van der Waals surface area contributed by atoms with Crippen molar-refractivity contribution in [3.63, 3.8) is 0 Å². The molecule has 2 aromatic carbocycles. The second-order valence-corrected chi connectivity index (χ2v) is 8.15. The smallest absolute Gasteiger partial charge is 0.311 e. The third-order valence-corrected chi connectivity index (χ3v) is 5.22. The highest BCUT2D eigenvalue weighted by Crippen LogP contribution is 2.22. The van der Waals surface area contributed by atoms with Gasteiger partial charge in [0, 0.05) is 21.1 Å². The molecule has 0 aliphatic rings. The Morgan fingerprint density at radius 3 is 2.81 bits per heavy atom. The number of esters is 1. The molecule has 0 aliphatic carbocycles. The van der Waals surface area contributed by atoms with E-state index < -0.39 is 0 Å². The minimum atomic E-state index is -0.319. The number of hydrogen-bond donors (Lipinski definition) is 2. The van der Waals surface area contributed by atoms with Crippen molar-refractivity contribution in [2.24, 2.45) is 5.10 Å². The number of nitrogens with one attached hydrogen (secondary N) is 2. The summed E-state index contributed by atoms with van der Waals surface area (Å²) in [4.78, 5) is 28.0. The van der Waals surface area contributed by atoms with E-state index in [0.717, 1.165) is 4.47 Å². The molecule has 10 heteroatoms. The molecule has 8 nitrogen and oxygen atoms in total. The van der Waals surface area contributed by atoms with E-state index in [9.17, 15) is 9.59 Å². The van der Waals surface area contributed by atoms with Gasteiger partial charge in [-0.1, -0.05) is 34.1 Å². The van der Waals surface area contributed by atoms with Crippen LogP contribution in [0, 0.1) is 0 Å². The topological polar surface area (TPSA) is 102 Å². The van der Waals surface area contributed by atoms with Crippen LogP contribution >= 0.6 is 27.3 Å². The fourth-order valence-electron chi connectivity index (χ4n) is 2.57. The summed E-state index contributed by atoms with van der Waals surface area (Å²) in [5.41, 5.74) is 4.82. The average molecular weight is 517 g/mol. The number of carbonyl (C=O) groups excluding carboxylic acids is 2. The van der Waals surface area contributed by atoms with E-state index in [-0.39, 0.29) is 24.9 Å². The second kappa shape index (κ2) is 12.0. The van der Waals surface area contributed by atoms with Crippen LogP contribution in [-0.2, 0) is 20.7 Å². The molecule has 0 atom stereocenters. The van der Waals surface area contributed by atoms with Gasteiger partial charge in [-0.2, -0.15) is 5.10 Å². The molecule has 0 radical (unpaired) electrons. The first kappa shape index (κ1) is 23.4. The molecular formula is C22H21BrN4O4S. The van der Waals surface area contributed by atoms with Crippen molar-refractivity contribution in [3.8, 4) is 5.75 Å². The molecule has 32 heavy (non-hydrogen) atoms. The normalized spacial score (nSPS) is 10.7. The Hall–Kier alpha value is -3.24. The van der Waals surface area contributed by atoms with E-state index in [0.29, 0.717) is 34.4 Å². The average Bonchev–Trinajstić information content (AvgIpc) is 3.21. The monoisotopic (exact) mass is 516 g/mol. The van der Waals surface area contributed by atoms with Crippen LogP contribution < -0.4 is 15.5 Å². The van der Waals surface area contributed by atoms with E-state index in [1.165, 1.54) is 11.3 Å². The van der Waals surface area contributed by atoms with Gasteiger partial charge in [-0.05, 0) is 37.3 Å². The fraction of sp³-hybridized carbons (Fsp3) is 0.182. The molecule has 166 valence electrons. The molecule has 0 spiro atoms. The van der Waals surface area contributed by atoms with Crippen molar-refractivity contribution in [1.82, 2.24) is 4.98 Å². The summed E-state index contributed by atoms with van der Waals surface area (Å²) in [5, 5.41) is 9.28. The molecule has 3 aromatic rings. The van der Waals surface area contributed by atoms with Gasteiger partial charge in [0.05, 0.1) is 24.9 Å². The van der Waals surface area contributed by atoms with Crippen LogP contribution in [0.3, 0.4) is 0 Å². The molecule has 0 unspecified atom stereocenters. The van der Waals surface area contributed by atoms with Gasteiger partial charge in [-0.15, -0.1) is 11.3 Å². The fourth-order valence-corrected chi connectivity index (χ4v) is 3.61. The molecule has 3 rings (SSSR count). The van der Waals surface area contributed by atoms with Gasteiger partial charge >= 0.3 is 5.97 Å². The highest BCUT2D eigenvalue weighted by Gasteiger charge is 2.09. The lowest BCUT2D eigenvalue weighted by molar-refractivity contribution is -0.142. The first-order chi connectivity index (χ1) is 15.5. The van der Waals surface area contributed by atoms with Gasteiger partial charge in [0.1, 0.15) is 5.75 Å². The molecule has 0 saturated carbocycles. The molecule has 1 heterocycles. The number of ether oxygens (including phenoxy) is 2. The van der Waals surface area contributed by atoms with Gasteiger partial charge in [-0.25, -0.2) is 4.98 Å². The standard InChI is InChI=1S/C22H21BrN4O4S/c1-2-30-21(29)11-18-14-32-22(26-18)27-24-12-15-10-16(23)8-9-19(15)31-13-20(28)25-17-6-4-3-5-7-17/h3-10,12,14H,2,11,13H2,1H3,(H,25,28)(H,26,27). The Bertz CT molecular complexity index is 1090. The number of carbonyl (C=O) groups is 2. The first-order valence-electron chi connectivity index (χ1n) is 9.70. The minimum Gasteiger partial charge on any atom is -0.483 e. The Labute approximate surface area is 197 Å². The number of hydrogen-bond acceptors (Lipinski definition) is 8. The predicted molar refractivity (Wildman–Crippen MR) is 128 cm³/mol. The highest BCUT2D eigenvalue weighted by atomic mass is 79.9. The van der Waals surface area contributed by atoms with E-state index in [1.54, 1.807) is 36.7 Å². The number of rotatable bonds is 10. The van der Waals surface area contributed by atoms with Gasteiger partial charge in [0.2, 0.25) is 5.13 Å². The summed E-state index contributed by atoms with van der Waals surface area (Å²) in [6.07, 6.45) is 1.69. The molecule has 1 amide bonds. The van der Waals surface area contributed by atoms with E-state index in [4.69, 9.17) is 9.47 Å². The Balaban J connectivity index is 1.57. The van der Waals surface area contributed by atoms with Crippen LogP contribution in [0.5, 0.6) is 5.75 Å². The van der Waals surface area contributed by atoms with Crippen LogP contribution in [0.25, 0.3) is 0 Å². The van der Waals surface area contributed by atoms with Crippen LogP contribution in [0.15, 0.2) is 63.5 Å². The van der Waals surface area contributed by atoms with Crippen molar-refractivity contribution in [1.29, 1.82) is 0 Å². The first-order valence-corrected chi connectivity index (χ1v) is 11.4. The molecule has 0 fully saturated rings. The number of anilines is 2. The van der Waals surface area contributed by atoms with E-state index in [1.807, 2.05) is 30.3 Å². The Morgan fingerprint density at radius 1 is 1.22 bits per heavy atom. The van der Waals surface area contributed by atoms with Gasteiger partial charge in [-0.3, -0.25) is 15.0 Å². The minimum absolute atomic E-state index is 0.115. The van der Waals surface area contributed by atoms with Crippen LogP contribution in [0.4, 0.5) is 10.8 Å². The van der Waals surface area contributed by atoms with E-state index >= 15 is 0 Å². The Kier molecular flexibility index (Phi) is 8.76. The highest BCUT2D eigenvalue weighted by molar-refractivity contribution is 9.10. The van der Waals surface area contributed by atoms with Gasteiger partial charge in [0.15, 0.2) is 6.61 Å². The lowest BCUT2D eigenvalue weighted by atomic mass is 10.2. The molecule has 0 aliphatic heterocycles. The van der Waals surface area contributed by atoms with Crippen molar-refractivity contribution in [2.75, 3.05) is 24.0 Å². The summed E-state index contributed by atoms with van der Waals surface area (Å²) in [7, 11) is 0. The SMILES string of the molecule is CCOC(=O)Cc1csc(NN=Cc2cc(Br)ccc2OCC(=O)Nc2ccccc2)n1. The summed E-state index contributed by atoms with van der Waals surface area (Å²) in [6, 6.07) is 14.6. The number of para-hydroxylation sites is 1. The maximum Gasteiger partial charge on any atom is 0.311 e. The maximum atomic E-state index is 12.2. The van der Waals surface area contributed by atoms with Crippen molar-refractivity contribution >= 4 is 56.2 Å². The largest absolute Gasteiger partial charge is 0.483 e. The number of thiazole rings is 1. The molecule has 1 aromatic heterocycles. The lowest BCUT2D eigenvalue weighted by Gasteiger charge is -2.10. The zero-order valence-electron chi connectivity index (χ0n) is 17.2. The van der Waals surface area contributed by atoms with Crippen molar-refractivity contribution < 1.29 is 19.1 Å². The Morgan fingerprint density at radius 2 is 2.03 bits per heavy atom. The van der Waals surface area contributed by atoms with E-state index in [2.05, 4.69) is 36.8 Å². The van der Waals surface area contributed by atoms with Crippen molar-refractivity contribution in [2.45, 2.75) is 13.3 Å². The number of nitrogens with zero attached hydrogens (tertiary/aromatic N) is 2. The quantitative estimate of drug-likeness (QED) is 0.234. The molecule has 0 bridgehead atoms. The summed E-state index contributed by atoms with van der Waals surface area (Å²) in [5.74, 6) is -0.0822. The molecule has 0 saturated heterocycles. The maximum absolute atomic E-state index is 12.2. The van der Waals surface area contributed by atoms with Crippen LogP contribution in [0.1, 0.15) is 18.2 Å². The third-order valence-electron chi connectivity index (χ3n) is 3.93.